The molecule has 9 heteroatoms. The van der Waals surface area contributed by atoms with Gasteiger partial charge < -0.3 is 15.5 Å². The molecule has 4 heterocycles. The van der Waals surface area contributed by atoms with E-state index in [4.69, 9.17) is 0 Å². The fraction of sp³-hybridized carbons (Fsp3) is 0.607. The smallest absolute Gasteiger partial charge is 0.229 e. The topological polar surface area (TPSA) is 83.3 Å². The summed E-state index contributed by atoms with van der Waals surface area (Å²) in [5.74, 6) is 0.0827. The minimum atomic E-state index is -0.453. The van der Waals surface area contributed by atoms with Gasteiger partial charge in [-0.15, -0.1) is 0 Å². The van der Waals surface area contributed by atoms with Crippen LogP contribution in [0.1, 0.15) is 58.9 Å². The highest BCUT2D eigenvalue weighted by atomic mass is 19.1. The Balaban J connectivity index is 1.27. The molecule has 1 aromatic heterocycles. The van der Waals surface area contributed by atoms with E-state index in [1.165, 1.54) is 19.0 Å². The zero-order valence-corrected chi connectivity index (χ0v) is 22.5. The average Bonchev–Trinajstić information content (AvgIpc) is 3.36. The van der Waals surface area contributed by atoms with Gasteiger partial charge in [-0.05, 0) is 78.1 Å². The average molecular weight is 507 g/mol. The minimum Gasteiger partial charge on any atom is -0.368 e. The molecule has 5 rings (SSSR count). The van der Waals surface area contributed by atoms with Crippen LogP contribution < -0.4 is 15.5 Å². The number of fused-ring (bicyclic) bond motifs is 1. The lowest BCUT2D eigenvalue weighted by molar-refractivity contribution is 0.0500. The van der Waals surface area contributed by atoms with Crippen molar-refractivity contribution in [2.24, 2.45) is 0 Å². The van der Waals surface area contributed by atoms with Crippen LogP contribution in [-0.2, 0) is 0 Å². The van der Waals surface area contributed by atoms with Crippen LogP contribution in [0.3, 0.4) is 0 Å². The lowest BCUT2D eigenvalue weighted by Gasteiger charge is -2.47. The van der Waals surface area contributed by atoms with Crippen molar-refractivity contribution in [2.45, 2.75) is 77.0 Å². The molecule has 2 aromatic rings. The second-order valence-corrected chi connectivity index (χ2v) is 11.6. The Labute approximate surface area is 219 Å². The molecule has 0 unspecified atom stereocenters. The third-order valence-electron chi connectivity index (χ3n) is 8.30. The van der Waals surface area contributed by atoms with Crippen LogP contribution in [0.4, 0.5) is 27.5 Å². The van der Waals surface area contributed by atoms with Gasteiger partial charge in [-0.25, -0.2) is 9.37 Å². The van der Waals surface area contributed by atoms with Crippen LogP contribution in [0, 0.1) is 17.1 Å². The molecule has 3 fully saturated rings. The summed E-state index contributed by atoms with van der Waals surface area (Å²) in [5.41, 5.74) is 2.34. The first-order chi connectivity index (χ1) is 17.7. The molecular formula is C28H39FN8. The fourth-order valence-corrected chi connectivity index (χ4v) is 6.43. The second-order valence-electron chi connectivity index (χ2n) is 11.6. The molecule has 2 N–H and O–H groups in total. The van der Waals surface area contributed by atoms with Crippen LogP contribution in [0.15, 0.2) is 24.4 Å². The van der Waals surface area contributed by atoms with Crippen molar-refractivity contribution in [1.82, 2.24) is 19.8 Å². The Morgan fingerprint density at radius 2 is 1.95 bits per heavy atom. The number of piperazine rings is 1. The number of piperidine rings is 1. The minimum absolute atomic E-state index is 0.0819. The zero-order chi connectivity index (χ0) is 26.2. The molecule has 0 radical (unpaired) electrons. The van der Waals surface area contributed by atoms with Gasteiger partial charge in [0.25, 0.3) is 0 Å². The van der Waals surface area contributed by atoms with Crippen molar-refractivity contribution in [1.29, 1.82) is 5.26 Å². The van der Waals surface area contributed by atoms with E-state index in [9.17, 15) is 9.65 Å². The first-order valence-corrected chi connectivity index (χ1v) is 13.6. The Hall–Kier alpha value is -2.96. The van der Waals surface area contributed by atoms with Gasteiger partial charge in [-0.3, -0.25) is 9.80 Å². The number of anilines is 4. The van der Waals surface area contributed by atoms with Crippen molar-refractivity contribution in [3.8, 4) is 6.07 Å². The largest absolute Gasteiger partial charge is 0.368 e. The summed E-state index contributed by atoms with van der Waals surface area (Å²) in [4.78, 5) is 16.0. The molecular weight excluding hydrogens is 467 g/mol. The van der Waals surface area contributed by atoms with Gasteiger partial charge in [0.2, 0.25) is 5.95 Å². The fourth-order valence-electron chi connectivity index (χ4n) is 6.43. The predicted molar refractivity (Wildman–Crippen MR) is 146 cm³/mol. The summed E-state index contributed by atoms with van der Waals surface area (Å²) < 4.78 is 14.7. The standard InChI is InChI=1S/C28H39FN8/c1-19(2)35-10-12-36(13-11-35)25-8-7-21(14-20(25)17-30)33-27-31-18-24(29)26(34-27)32-22-15-23-6-5-9-37(23)28(3,4)16-22/h7-8,14,18-19,22-23H,5-6,9-13,15-16H2,1-4H3,(H2,31,32,33,34)/t22-,23+/m1/s1. The number of hydrogen-bond acceptors (Lipinski definition) is 8. The molecule has 2 atom stereocenters. The Bertz CT molecular complexity index is 1150. The van der Waals surface area contributed by atoms with Crippen molar-refractivity contribution < 1.29 is 4.39 Å². The van der Waals surface area contributed by atoms with E-state index in [1.807, 2.05) is 18.2 Å². The van der Waals surface area contributed by atoms with E-state index in [2.05, 4.69) is 69.1 Å². The van der Waals surface area contributed by atoms with Gasteiger partial charge in [0.05, 0.1) is 17.4 Å². The van der Waals surface area contributed by atoms with Crippen molar-refractivity contribution in [3.05, 3.63) is 35.8 Å². The molecule has 1 aromatic carbocycles. The van der Waals surface area contributed by atoms with E-state index in [0.717, 1.165) is 51.3 Å². The summed E-state index contributed by atoms with van der Waals surface area (Å²) in [6.45, 7) is 13.9. The molecule has 3 aliphatic rings. The van der Waals surface area contributed by atoms with Gasteiger partial charge in [-0.2, -0.15) is 10.2 Å². The summed E-state index contributed by atoms with van der Waals surface area (Å²) in [6.07, 6.45) is 5.57. The van der Waals surface area contributed by atoms with Gasteiger partial charge in [-0.1, -0.05) is 0 Å². The summed E-state index contributed by atoms with van der Waals surface area (Å²) >= 11 is 0. The number of rotatable bonds is 6. The van der Waals surface area contributed by atoms with Crippen LogP contribution in [0.25, 0.3) is 0 Å². The first kappa shape index (κ1) is 25.7. The van der Waals surface area contributed by atoms with E-state index in [-0.39, 0.29) is 17.4 Å². The number of nitrogens with zero attached hydrogens (tertiary/aromatic N) is 6. The molecule has 37 heavy (non-hydrogen) atoms. The van der Waals surface area contributed by atoms with Crippen LogP contribution in [-0.4, -0.2) is 76.2 Å². The van der Waals surface area contributed by atoms with Gasteiger partial charge in [0.15, 0.2) is 11.6 Å². The van der Waals surface area contributed by atoms with E-state index < -0.39 is 5.82 Å². The molecule has 0 saturated carbocycles. The number of nitrogens with one attached hydrogen (secondary N) is 2. The summed E-state index contributed by atoms with van der Waals surface area (Å²) in [7, 11) is 0. The predicted octanol–water partition coefficient (Wildman–Crippen LogP) is 4.58. The van der Waals surface area contributed by atoms with Crippen LogP contribution >= 0.6 is 0 Å². The Morgan fingerprint density at radius 3 is 2.68 bits per heavy atom. The van der Waals surface area contributed by atoms with Crippen molar-refractivity contribution >= 4 is 23.1 Å². The molecule has 198 valence electrons. The number of nitriles is 1. The number of aromatic nitrogens is 2. The van der Waals surface area contributed by atoms with Gasteiger partial charge >= 0.3 is 0 Å². The lowest BCUT2D eigenvalue weighted by Crippen LogP contribution is -2.55. The molecule has 0 aliphatic carbocycles. The monoisotopic (exact) mass is 506 g/mol. The molecule has 3 aliphatic heterocycles. The van der Waals surface area contributed by atoms with Crippen molar-refractivity contribution in [3.63, 3.8) is 0 Å². The second kappa shape index (κ2) is 10.4. The molecule has 0 spiro atoms. The van der Waals surface area contributed by atoms with Crippen molar-refractivity contribution in [2.75, 3.05) is 48.3 Å². The molecule has 0 amide bonds. The molecule has 3 saturated heterocycles. The highest BCUT2D eigenvalue weighted by molar-refractivity contribution is 5.68. The maximum Gasteiger partial charge on any atom is 0.229 e. The SMILES string of the molecule is CC(C)N1CCN(c2ccc(Nc3ncc(F)c(N[C@@H]4C[C@@H]5CCCN5C(C)(C)C4)n3)cc2C#N)CC1. The third-order valence-corrected chi connectivity index (χ3v) is 8.30. The number of hydrogen-bond donors (Lipinski definition) is 2. The van der Waals surface area contributed by atoms with E-state index >= 15 is 0 Å². The zero-order valence-electron chi connectivity index (χ0n) is 22.5. The van der Waals surface area contributed by atoms with Gasteiger partial charge in [0, 0.05) is 55.5 Å². The van der Waals surface area contributed by atoms with Crippen LogP contribution in [0.2, 0.25) is 0 Å². The summed E-state index contributed by atoms with van der Waals surface area (Å²) in [6, 6.07) is 9.30. The third kappa shape index (κ3) is 5.51. The van der Waals surface area contributed by atoms with E-state index in [1.54, 1.807) is 0 Å². The van der Waals surface area contributed by atoms with Crippen LogP contribution in [0.5, 0.6) is 0 Å². The highest BCUT2D eigenvalue weighted by Crippen LogP contribution is 2.38. The summed E-state index contributed by atoms with van der Waals surface area (Å²) in [5, 5.41) is 16.4. The lowest BCUT2D eigenvalue weighted by atomic mass is 9.84. The normalized spacial score (nSPS) is 24.1. The number of halogens is 1. The Kier molecular flexibility index (Phi) is 7.24. The first-order valence-electron chi connectivity index (χ1n) is 13.6. The highest BCUT2D eigenvalue weighted by Gasteiger charge is 2.43. The quantitative estimate of drug-likeness (QED) is 0.589. The maximum atomic E-state index is 14.7. The van der Waals surface area contributed by atoms with Gasteiger partial charge in [0.1, 0.15) is 6.07 Å². The molecule has 0 bridgehead atoms. The Morgan fingerprint density at radius 1 is 1.16 bits per heavy atom. The maximum absolute atomic E-state index is 14.7. The number of benzene rings is 1. The molecule has 8 nitrogen and oxygen atoms in total. The van der Waals surface area contributed by atoms with E-state index in [0.29, 0.717) is 29.3 Å².